The number of nitriles is 1. The molecule has 19 heavy (non-hydrogen) atoms. The summed E-state index contributed by atoms with van der Waals surface area (Å²) < 4.78 is 27.4. The highest BCUT2D eigenvalue weighted by Crippen LogP contribution is 2.30. The molecular weight excluding hydrogens is 316 g/mol. The van der Waals surface area contributed by atoms with Crippen LogP contribution in [0.15, 0.2) is 34.8 Å². The number of benzene rings is 2. The minimum absolute atomic E-state index is 0.0351. The summed E-state index contributed by atoms with van der Waals surface area (Å²) in [7, 11) is 0. The van der Waals surface area contributed by atoms with Gasteiger partial charge in [-0.2, -0.15) is 5.26 Å². The lowest BCUT2D eigenvalue weighted by molar-refractivity contribution is 0.282. The summed E-state index contributed by atoms with van der Waals surface area (Å²) in [6.07, 6.45) is 0. The zero-order chi connectivity index (χ0) is 14.0. The molecule has 0 aliphatic carbocycles. The Morgan fingerprint density at radius 1 is 1.11 bits per heavy atom. The standard InChI is InChI=1S/C14H8BrF2NO/c15-12-5-13(16)11(4-14(12)17)10-2-1-8(6-18)3-9(10)7-19/h1-5,19H,7H2. The number of hydrogen-bond acceptors (Lipinski definition) is 2. The molecule has 0 atom stereocenters. The molecule has 0 saturated carbocycles. The Kier molecular flexibility index (Phi) is 3.93. The van der Waals surface area contributed by atoms with Crippen LogP contribution < -0.4 is 0 Å². The lowest BCUT2D eigenvalue weighted by atomic mass is 9.97. The van der Waals surface area contributed by atoms with E-state index in [-0.39, 0.29) is 16.6 Å². The summed E-state index contributed by atoms with van der Waals surface area (Å²) in [6, 6.07) is 8.46. The molecule has 0 fully saturated rings. The fraction of sp³-hybridized carbons (Fsp3) is 0.0714. The van der Waals surface area contributed by atoms with E-state index in [0.29, 0.717) is 16.7 Å². The van der Waals surface area contributed by atoms with Gasteiger partial charge in [-0.05, 0) is 51.3 Å². The number of rotatable bonds is 2. The summed E-state index contributed by atoms with van der Waals surface area (Å²) in [5.74, 6) is -1.20. The fourth-order valence-corrected chi connectivity index (χ4v) is 2.10. The molecule has 2 aromatic rings. The fourth-order valence-electron chi connectivity index (χ4n) is 1.79. The van der Waals surface area contributed by atoms with Gasteiger partial charge in [0, 0.05) is 5.56 Å². The van der Waals surface area contributed by atoms with Gasteiger partial charge in [0.1, 0.15) is 11.6 Å². The number of aliphatic hydroxyl groups is 1. The second-order valence-corrected chi connectivity index (χ2v) is 4.74. The molecule has 0 spiro atoms. The van der Waals surface area contributed by atoms with Gasteiger partial charge in [0.25, 0.3) is 0 Å². The first-order valence-electron chi connectivity index (χ1n) is 5.35. The van der Waals surface area contributed by atoms with Crippen molar-refractivity contribution in [2.24, 2.45) is 0 Å². The van der Waals surface area contributed by atoms with Crippen molar-refractivity contribution in [1.29, 1.82) is 5.26 Å². The summed E-state index contributed by atoms with van der Waals surface area (Å²) in [6.45, 7) is -0.359. The number of aliphatic hydroxyl groups excluding tert-OH is 1. The second-order valence-electron chi connectivity index (χ2n) is 3.89. The third kappa shape index (κ3) is 2.65. The normalized spacial score (nSPS) is 10.3. The molecule has 0 radical (unpaired) electrons. The van der Waals surface area contributed by atoms with Crippen LogP contribution in [-0.2, 0) is 6.61 Å². The minimum Gasteiger partial charge on any atom is -0.392 e. The lowest BCUT2D eigenvalue weighted by Gasteiger charge is -2.10. The van der Waals surface area contributed by atoms with Crippen molar-refractivity contribution in [2.45, 2.75) is 6.61 Å². The van der Waals surface area contributed by atoms with Gasteiger partial charge in [-0.15, -0.1) is 0 Å². The van der Waals surface area contributed by atoms with E-state index in [9.17, 15) is 13.9 Å². The van der Waals surface area contributed by atoms with E-state index in [1.54, 1.807) is 0 Å². The van der Waals surface area contributed by atoms with Gasteiger partial charge in [-0.3, -0.25) is 0 Å². The molecule has 0 aromatic heterocycles. The van der Waals surface area contributed by atoms with Gasteiger partial charge in [0.15, 0.2) is 0 Å². The third-order valence-electron chi connectivity index (χ3n) is 2.70. The maximum atomic E-state index is 13.9. The van der Waals surface area contributed by atoms with E-state index in [1.165, 1.54) is 18.2 Å². The maximum absolute atomic E-state index is 13.9. The molecule has 0 bridgehead atoms. The van der Waals surface area contributed by atoms with Gasteiger partial charge in [-0.1, -0.05) is 6.07 Å². The molecule has 0 heterocycles. The summed E-state index contributed by atoms with van der Waals surface area (Å²) in [4.78, 5) is 0. The molecule has 2 rings (SSSR count). The highest BCUT2D eigenvalue weighted by Gasteiger charge is 2.13. The van der Waals surface area contributed by atoms with Gasteiger partial charge < -0.3 is 5.11 Å². The highest BCUT2D eigenvalue weighted by atomic mass is 79.9. The topological polar surface area (TPSA) is 44.0 Å². The van der Waals surface area contributed by atoms with Crippen LogP contribution in [0.2, 0.25) is 0 Å². The summed E-state index contributed by atoms with van der Waals surface area (Å²) >= 11 is 2.90. The Morgan fingerprint density at radius 2 is 1.84 bits per heavy atom. The monoisotopic (exact) mass is 323 g/mol. The van der Waals surface area contributed by atoms with Crippen molar-refractivity contribution in [2.75, 3.05) is 0 Å². The van der Waals surface area contributed by atoms with Gasteiger partial charge in [-0.25, -0.2) is 8.78 Å². The molecule has 96 valence electrons. The Balaban J connectivity index is 2.65. The van der Waals surface area contributed by atoms with E-state index in [4.69, 9.17) is 5.26 Å². The Bertz CT molecular complexity index is 680. The van der Waals surface area contributed by atoms with Crippen LogP contribution in [0.3, 0.4) is 0 Å². The number of hydrogen-bond donors (Lipinski definition) is 1. The van der Waals surface area contributed by atoms with Crippen LogP contribution in [-0.4, -0.2) is 5.11 Å². The summed E-state index contributed by atoms with van der Waals surface area (Å²) in [5, 5.41) is 18.1. The van der Waals surface area contributed by atoms with E-state index in [2.05, 4.69) is 15.9 Å². The largest absolute Gasteiger partial charge is 0.392 e. The molecule has 0 saturated heterocycles. The molecule has 0 aliphatic rings. The molecule has 0 aliphatic heterocycles. The zero-order valence-electron chi connectivity index (χ0n) is 9.62. The van der Waals surface area contributed by atoms with E-state index in [0.717, 1.165) is 12.1 Å². The predicted molar refractivity (Wildman–Crippen MR) is 70.1 cm³/mol. The first kappa shape index (κ1) is 13.7. The Labute approximate surface area is 117 Å². The quantitative estimate of drug-likeness (QED) is 0.855. The van der Waals surface area contributed by atoms with Gasteiger partial charge >= 0.3 is 0 Å². The molecule has 0 amide bonds. The van der Waals surface area contributed by atoms with Crippen molar-refractivity contribution in [3.8, 4) is 17.2 Å². The van der Waals surface area contributed by atoms with Crippen molar-refractivity contribution >= 4 is 15.9 Å². The predicted octanol–water partition coefficient (Wildman–Crippen LogP) is 3.76. The molecule has 1 N–H and O–H groups in total. The van der Waals surface area contributed by atoms with Crippen molar-refractivity contribution in [1.82, 2.24) is 0 Å². The molecule has 5 heteroatoms. The minimum atomic E-state index is -0.604. The molecule has 0 unspecified atom stereocenters. The summed E-state index contributed by atoms with van der Waals surface area (Å²) in [5.41, 5.74) is 1.14. The number of nitrogens with zero attached hydrogens (tertiary/aromatic N) is 1. The van der Waals surface area contributed by atoms with Crippen LogP contribution >= 0.6 is 15.9 Å². The van der Waals surface area contributed by atoms with Crippen LogP contribution in [0.25, 0.3) is 11.1 Å². The van der Waals surface area contributed by atoms with Crippen LogP contribution in [0, 0.1) is 23.0 Å². The smallest absolute Gasteiger partial charge is 0.138 e. The van der Waals surface area contributed by atoms with E-state index < -0.39 is 11.6 Å². The molecule has 2 nitrogen and oxygen atoms in total. The first-order valence-corrected chi connectivity index (χ1v) is 6.15. The van der Waals surface area contributed by atoms with E-state index >= 15 is 0 Å². The average Bonchev–Trinajstić information content (AvgIpc) is 2.42. The van der Waals surface area contributed by atoms with Gasteiger partial charge in [0.2, 0.25) is 0 Å². The zero-order valence-corrected chi connectivity index (χ0v) is 11.2. The van der Waals surface area contributed by atoms with Crippen molar-refractivity contribution < 1.29 is 13.9 Å². The Hall–Kier alpha value is -1.77. The average molecular weight is 324 g/mol. The van der Waals surface area contributed by atoms with Crippen molar-refractivity contribution in [3.05, 3.63) is 57.6 Å². The third-order valence-corrected chi connectivity index (χ3v) is 3.31. The number of halogens is 3. The highest BCUT2D eigenvalue weighted by molar-refractivity contribution is 9.10. The lowest BCUT2D eigenvalue weighted by Crippen LogP contribution is -1.95. The molecular formula is C14H8BrF2NO. The van der Waals surface area contributed by atoms with Gasteiger partial charge in [0.05, 0.1) is 22.7 Å². The van der Waals surface area contributed by atoms with Crippen LogP contribution in [0.4, 0.5) is 8.78 Å². The van der Waals surface area contributed by atoms with E-state index in [1.807, 2.05) is 6.07 Å². The second kappa shape index (κ2) is 5.47. The van der Waals surface area contributed by atoms with Crippen LogP contribution in [0.1, 0.15) is 11.1 Å². The Morgan fingerprint density at radius 3 is 2.47 bits per heavy atom. The van der Waals surface area contributed by atoms with Crippen LogP contribution in [0.5, 0.6) is 0 Å². The maximum Gasteiger partial charge on any atom is 0.138 e. The van der Waals surface area contributed by atoms with Crippen molar-refractivity contribution in [3.63, 3.8) is 0 Å². The SMILES string of the molecule is N#Cc1ccc(-c2cc(F)c(Br)cc2F)c(CO)c1. The molecule has 2 aromatic carbocycles. The first-order chi connectivity index (χ1) is 9.06.